The zero-order valence-corrected chi connectivity index (χ0v) is 10.6. The van der Waals surface area contributed by atoms with Gasteiger partial charge >= 0.3 is 5.97 Å². The van der Waals surface area contributed by atoms with Crippen LogP contribution in [0.4, 0.5) is 0 Å². The molecule has 0 radical (unpaired) electrons. The molecule has 1 heterocycles. The molecule has 2 aliphatic carbocycles. The van der Waals surface area contributed by atoms with Crippen LogP contribution in [0.25, 0.3) is 0 Å². The topological polar surface area (TPSA) is 46.5 Å². The van der Waals surface area contributed by atoms with E-state index in [-0.39, 0.29) is 29.3 Å². The van der Waals surface area contributed by atoms with Crippen molar-refractivity contribution in [2.24, 2.45) is 17.3 Å². The molecule has 0 spiro atoms. The number of allylic oxidation sites excluding steroid dienone is 1. The minimum absolute atomic E-state index is 0.000509. The van der Waals surface area contributed by atoms with Gasteiger partial charge < -0.3 is 9.84 Å². The second-order valence-electron chi connectivity index (χ2n) is 5.90. The summed E-state index contributed by atoms with van der Waals surface area (Å²) >= 11 is 0. The first-order valence-electron chi connectivity index (χ1n) is 6.40. The zero-order chi connectivity index (χ0) is 13.1. The lowest BCUT2D eigenvalue weighted by Gasteiger charge is -2.48. The van der Waals surface area contributed by atoms with E-state index in [1.807, 2.05) is 0 Å². The summed E-state index contributed by atoms with van der Waals surface area (Å²) in [5, 5.41) is 9.93. The average molecular weight is 246 g/mol. The van der Waals surface area contributed by atoms with Gasteiger partial charge in [-0.15, -0.1) is 0 Å². The molecule has 1 aliphatic heterocycles. The maximum absolute atomic E-state index is 11.7. The highest BCUT2D eigenvalue weighted by molar-refractivity contribution is 5.91. The Hall–Kier alpha value is -1.35. The van der Waals surface area contributed by atoms with E-state index < -0.39 is 6.10 Å². The van der Waals surface area contributed by atoms with Gasteiger partial charge in [-0.25, -0.2) is 4.79 Å². The van der Waals surface area contributed by atoms with Gasteiger partial charge in [-0.05, 0) is 23.8 Å². The number of rotatable bonds is 0. The lowest BCUT2D eigenvalue weighted by atomic mass is 9.57. The van der Waals surface area contributed by atoms with Crippen LogP contribution in [0, 0.1) is 17.3 Å². The van der Waals surface area contributed by atoms with Crippen LogP contribution in [0.2, 0.25) is 0 Å². The van der Waals surface area contributed by atoms with Crippen LogP contribution in [-0.2, 0) is 9.53 Å². The minimum Gasteiger partial charge on any atom is -0.458 e. The lowest BCUT2D eigenvalue weighted by Crippen LogP contribution is -2.47. The molecule has 0 amide bonds. The van der Waals surface area contributed by atoms with Crippen LogP contribution in [0.1, 0.15) is 19.8 Å². The van der Waals surface area contributed by atoms with Crippen LogP contribution in [0.3, 0.4) is 0 Å². The van der Waals surface area contributed by atoms with Crippen LogP contribution in [0.15, 0.2) is 36.5 Å². The first-order valence-corrected chi connectivity index (χ1v) is 6.40. The highest BCUT2D eigenvalue weighted by atomic mass is 16.6. The predicted molar refractivity (Wildman–Crippen MR) is 67.6 cm³/mol. The Labute approximate surface area is 107 Å². The van der Waals surface area contributed by atoms with E-state index in [1.165, 1.54) is 0 Å². The van der Waals surface area contributed by atoms with E-state index in [9.17, 15) is 9.90 Å². The van der Waals surface area contributed by atoms with Crippen molar-refractivity contribution in [2.75, 3.05) is 0 Å². The number of fused-ring (bicyclic) bond motifs is 3. The zero-order valence-electron chi connectivity index (χ0n) is 10.6. The van der Waals surface area contributed by atoms with Gasteiger partial charge in [-0.3, -0.25) is 0 Å². The van der Waals surface area contributed by atoms with Crippen LogP contribution >= 0.6 is 0 Å². The van der Waals surface area contributed by atoms with Crippen molar-refractivity contribution in [2.45, 2.75) is 32.0 Å². The highest BCUT2D eigenvalue weighted by Crippen LogP contribution is 2.54. The summed E-state index contributed by atoms with van der Waals surface area (Å²) in [6.45, 7) is 10.0. The van der Waals surface area contributed by atoms with E-state index >= 15 is 0 Å². The summed E-state index contributed by atoms with van der Waals surface area (Å²) in [5.74, 6) is -0.198. The van der Waals surface area contributed by atoms with Gasteiger partial charge in [0.25, 0.3) is 0 Å². The van der Waals surface area contributed by atoms with Crippen molar-refractivity contribution in [3.05, 3.63) is 36.5 Å². The molecule has 1 saturated carbocycles. The maximum Gasteiger partial charge on any atom is 0.334 e. The molecule has 1 N–H and O–H groups in total. The number of hydrogen-bond donors (Lipinski definition) is 1. The fraction of sp³-hybridized carbons (Fsp3) is 0.533. The van der Waals surface area contributed by atoms with Crippen molar-refractivity contribution in [3.8, 4) is 0 Å². The molecule has 3 rings (SSSR count). The maximum atomic E-state index is 11.7. The number of ether oxygens (including phenoxy) is 1. The Morgan fingerprint density at radius 3 is 2.94 bits per heavy atom. The summed E-state index contributed by atoms with van der Waals surface area (Å²) < 4.78 is 5.49. The summed E-state index contributed by atoms with van der Waals surface area (Å²) in [5.41, 5.74) is 1.28. The average Bonchev–Trinajstić information content (AvgIpc) is 2.60. The van der Waals surface area contributed by atoms with Crippen molar-refractivity contribution >= 4 is 5.97 Å². The number of aliphatic hydroxyl groups is 1. The molecule has 2 fully saturated rings. The summed E-state index contributed by atoms with van der Waals surface area (Å²) in [6, 6.07) is 0. The molecule has 18 heavy (non-hydrogen) atoms. The molecule has 0 aromatic rings. The molecule has 3 nitrogen and oxygen atoms in total. The molecule has 0 aromatic heterocycles. The monoisotopic (exact) mass is 246 g/mol. The summed E-state index contributed by atoms with van der Waals surface area (Å²) in [7, 11) is 0. The Balaban J connectivity index is 2.03. The molecular formula is C15H18O3. The van der Waals surface area contributed by atoms with Crippen molar-refractivity contribution in [3.63, 3.8) is 0 Å². The second kappa shape index (κ2) is 3.58. The summed E-state index contributed by atoms with van der Waals surface area (Å²) in [4.78, 5) is 11.7. The van der Waals surface area contributed by atoms with E-state index in [4.69, 9.17) is 4.74 Å². The third-order valence-corrected chi connectivity index (χ3v) is 4.82. The molecule has 0 unspecified atom stereocenters. The normalized spacial score (nSPS) is 46.7. The van der Waals surface area contributed by atoms with Crippen LogP contribution in [0.5, 0.6) is 0 Å². The van der Waals surface area contributed by atoms with Gasteiger partial charge in [-0.1, -0.05) is 32.2 Å². The van der Waals surface area contributed by atoms with Gasteiger partial charge in [0.2, 0.25) is 0 Å². The molecule has 0 bridgehead atoms. The Bertz CT molecular complexity index is 476. The van der Waals surface area contributed by atoms with Gasteiger partial charge in [0.1, 0.15) is 6.10 Å². The molecule has 96 valence electrons. The molecule has 3 aliphatic rings. The first-order chi connectivity index (χ1) is 8.44. The van der Waals surface area contributed by atoms with E-state index in [0.717, 1.165) is 18.4 Å². The smallest absolute Gasteiger partial charge is 0.334 e. The second-order valence-corrected chi connectivity index (χ2v) is 5.90. The summed E-state index contributed by atoms with van der Waals surface area (Å²) in [6.07, 6.45) is 4.91. The molecule has 3 heteroatoms. The number of aliphatic hydroxyl groups excluding tert-OH is 1. The van der Waals surface area contributed by atoms with Crippen molar-refractivity contribution in [1.29, 1.82) is 0 Å². The standard InChI is InChI=1S/C15H18O3/c1-8-10-4-6-15(3)7-5-11(16)9(2)12(15)13(10)18-14(8)17/h5,7,10-13,16H,1-2,4,6H2,3H3/t10-,11+,12+,13-,15+/m0/s1. The number of esters is 1. The number of hydrogen-bond acceptors (Lipinski definition) is 3. The van der Waals surface area contributed by atoms with E-state index in [0.29, 0.717) is 5.57 Å². The SMILES string of the molecule is C=C1[C@H](O)C=C[C@@]2(C)CC[C@H]3C(=C)C(=O)O[C@@H]3[C@@H]12. The third-order valence-electron chi connectivity index (χ3n) is 4.82. The third kappa shape index (κ3) is 1.37. The Morgan fingerprint density at radius 1 is 1.50 bits per heavy atom. The van der Waals surface area contributed by atoms with E-state index in [1.54, 1.807) is 6.08 Å². The van der Waals surface area contributed by atoms with Crippen molar-refractivity contribution < 1.29 is 14.6 Å². The predicted octanol–water partition coefficient (Wildman–Crippen LogP) is 1.99. The fourth-order valence-electron chi connectivity index (χ4n) is 3.71. The Morgan fingerprint density at radius 2 is 2.22 bits per heavy atom. The van der Waals surface area contributed by atoms with Crippen LogP contribution in [-0.4, -0.2) is 23.3 Å². The van der Waals surface area contributed by atoms with Gasteiger partial charge in [0.15, 0.2) is 0 Å². The fourth-order valence-corrected chi connectivity index (χ4v) is 3.71. The minimum atomic E-state index is -0.630. The molecule has 5 atom stereocenters. The van der Waals surface area contributed by atoms with Gasteiger partial charge in [0.05, 0.1) is 6.10 Å². The Kier molecular flexibility index (Phi) is 2.33. The van der Waals surface area contributed by atoms with Crippen molar-refractivity contribution in [1.82, 2.24) is 0 Å². The van der Waals surface area contributed by atoms with Crippen LogP contribution < -0.4 is 0 Å². The molecule has 0 aromatic carbocycles. The number of carbonyl (C=O) groups excluding carboxylic acids is 1. The van der Waals surface area contributed by atoms with E-state index in [2.05, 4.69) is 26.2 Å². The highest BCUT2D eigenvalue weighted by Gasteiger charge is 2.55. The quantitative estimate of drug-likeness (QED) is 0.404. The lowest BCUT2D eigenvalue weighted by molar-refractivity contribution is -0.143. The molecule has 1 saturated heterocycles. The molecular weight excluding hydrogens is 228 g/mol. The van der Waals surface area contributed by atoms with Gasteiger partial charge in [0, 0.05) is 17.4 Å². The largest absolute Gasteiger partial charge is 0.458 e. The first kappa shape index (κ1) is 11.7. The number of carbonyl (C=O) groups is 1. The van der Waals surface area contributed by atoms with Gasteiger partial charge in [-0.2, -0.15) is 0 Å².